The highest BCUT2D eigenvalue weighted by atomic mass is 35.5. The van der Waals surface area contributed by atoms with Crippen LogP contribution in [0.3, 0.4) is 0 Å². The van der Waals surface area contributed by atoms with Crippen LogP contribution in [-0.4, -0.2) is 19.8 Å². The van der Waals surface area contributed by atoms with Crippen molar-refractivity contribution in [3.8, 4) is 11.5 Å². The molecule has 1 aromatic carbocycles. The van der Waals surface area contributed by atoms with Gasteiger partial charge in [-0.25, -0.2) is 0 Å². The molecule has 0 unspecified atom stereocenters. The lowest BCUT2D eigenvalue weighted by Crippen LogP contribution is -2.17. The first kappa shape index (κ1) is 14.1. The van der Waals surface area contributed by atoms with Crippen LogP contribution in [0.15, 0.2) is 18.2 Å². The summed E-state index contributed by atoms with van der Waals surface area (Å²) in [4.78, 5) is 0. The molecule has 1 atom stereocenters. The Labute approximate surface area is 108 Å². The minimum absolute atomic E-state index is 0. The lowest BCUT2D eigenvalue weighted by Gasteiger charge is -2.20. The minimum atomic E-state index is 0. The summed E-state index contributed by atoms with van der Waals surface area (Å²) in [6.07, 6.45) is 1.84. The van der Waals surface area contributed by atoms with Gasteiger partial charge in [0.15, 0.2) is 11.5 Å². The standard InChI is InChI=1S/C12H18N2O2.ClH/c13-5-1-2-10(14)9-3-4-11-12(8-9)16-7-6-15-11;/h3-4,8,10H,1-2,5-7,13-14H2;1H/t10-;/m0./s1. The molecule has 0 saturated carbocycles. The summed E-state index contributed by atoms with van der Waals surface area (Å²) < 4.78 is 11.0. The normalized spacial score (nSPS) is 14.9. The topological polar surface area (TPSA) is 70.5 Å². The molecule has 0 radical (unpaired) electrons. The van der Waals surface area contributed by atoms with E-state index in [2.05, 4.69) is 0 Å². The molecule has 0 aromatic heterocycles. The molecule has 96 valence electrons. The summed E-state index contributed by atoms with van der Waals surface area (Å²) in [5.41, 5.74) is 12.6. The Morgan fingerprint density at radius 2 is 1.88 bits per heavy atom. The van der Waals surface area contributed by atoms with E-state index in [1.807, 2.05) is 18.2 Å². The Balaban J connectivity index is 0.00000144. The van der Waals surface area contributed by atoms with Crippen LogP contribution in [0.25, 0.3) is 0 Å². The van der Waals surface area contributed by atoms with E-state index >= 15 is 0 Å². The highest BCUT2D eigenvalue weighted by molar-refractivity contribution is 5.85. The number of benzene rings is 1. The van der Waals surface area contributed by atoms with Crippen LogP contribution in [0.4, 0.5) is 0 Å². The number of fused-ring (bicyclic) bond motifs is 1. The van der Waals surface area contributed by atoms with Crippen molar-refractivity contribution in [2.45, 2.75) is 18.9 Å². The third-order valence-electron chi connectivity index (χ3n) is 2.71. The van der Waals surface area contributed by atoms with Crippen molar-refractivity contribution < 1.29 is 9.47 Å². The van der Waals surface area contributed by atoms with Gasteiger partial charge < -0.3 is 20.9 Å². The second-order valence-electron chi connectivity index (χ2n) is 3.94. The third-order valence-corrected chi connectivity index (χ3v) is 2.71. The Morgan fingerprint density at radius 1 is 1.18 bits per heavy atom. The van der Waals surface area contributed by atoms with Crippen molar-refractivity contribution in [2.75, 3.05) is 19.8 Å². The molecule has 0 bridgehead atoms. The summed E-state index contributed by atoms with van der Waals surface area (Å²) in [5, 5.41) is 0. The zero-order chi connectivity index (χ0) is 11.4. The van der Waals surface area contributed by atoms with Gasteiger partial charge >= 0.3 is 0 Å². The van der Waals surface area contributed by atoms with Gasteiger partial charge in [-0.2, -0.15) is 0 Å². The summed E-state index contributed by atoms with van der Waals surface area (Å²) in [6.45, 7) is 1.90. The summed E-state index contributed by atoms with van der Waals surface area (Å²) in [6, 6.07) is 5.91. The van der Waals surface area contributed by atoms with Gasteiger partial charge in [0.25, 0.3) is 0 Å². The Bertz CT molecular complexity index is 360. The molecule has 1 aliphatic heterocycles. The van der Waals surface area contributed by atoms with Gasteiger partial charge in [0, 0.05) is 6.04 Å². The van der Waals surface area contributed by atoms with E-state index in [-0.39, 0.29) is 18.4 Å². The van der Waals surface area contributed by atoms with Gasteiger partial charge in [-0.1, -0.05) is 6.07 Å². The molecule has 0 amide bonds. The number of rotatable bonds is 4. The van der Waals surface area contributed by atoms with E-state index in [4.69, 9.17) is 20.9 Å². The highest BCUT2D eigenvalue weighted by Crippen LogP contribution is 2.32. The molecule has 0 spiro atoms. The first-order valence-corrected chi connectivity index (χ1v) is 5.66. The minimum Gasteiger partial charge on any atom is -0.486 e. The molecule has 1 aromatic rings. The maximum absolute atomic E-state index is 6.06. The highest BCUT2D eigenvalue weighted by Gasteiger charge is 2.14. The molecule has 4 nitrogen and oxygen atoms in total. The van der Waals surface area contributed by atoms with Crippen LogP contribution < -0.4 is 20.9 Å². The largest absolute Gasteiger partial charge is 0.486 e. The van der Waals surface area contributed by atoms with Gasteiger partial charge in [-0.15, -0.1) is 12.4 Å². The molecule has 0 fully saturated rings. The van der Waals surface area contributed by atoms with Crippen LogP contribution >= 0.6 is 12.4 Å². The molecule has 1 heterocycles. The Kier molecular flexibility index (Phi) is 5.55. The van der Waals surface area contributed by atoms with E-state index in [9.17, 15) is 0 Å². The van der Waals surface area contributed by atoms with Crippen LogP contribution in [0.5, 0.6) is 11.5 Å². The molecule has 5 heteroatoms. The third kappa shape index (κ3) is 3.49. The average Bonchev–Trinajstić information content (AvgIpc) is 2.35. The van der Waals surface area contributed by atoms with Crippen molar-refractivity contribution in [3.63, 3.8) is 0 Å². The molecule has 2 rings (SSSR count). The number of nitrogens with two attached hydrogens (primary N) is 2. The molecule has 4 N–H and O–H groups in total. The maximum Gasteiger partial charge on any atom is 0.161 e. The van der Waals surface area contributed by atoms with Crippen molar-refractivity contribution in [1.29, 1.82) is 0 Å². The van der Waals surface area contributed by atoms with Crippen LogP contribution in [0.1, 0.15) is 24.4 Å². The van der Waals surface area contributed by atoms with E-state index in [1.165, 1.54) is 0 Å². The lowest BCUT2D eigenvalue weighted by molar-refractivity contribution is 0.171. The fraction of sp³-hybridized carbons (Fsp3) is 0.500. The predicted molar refractivity (Wildman–Crippen MR) is 69.9 cm³/mol. The summed E-state index contributed by atoms with van der Waals surface area (Å²) in [5.74, 6) is 1.60. The van der Waals surface area contributed by atoms with Crippen LogP contribution in [0.2, 0.25) is 0 Å². The second-order valence-corrected chi connectivity index (χ2v) is 3.94. The second kappa shape index (κ2) is 6.69. The summed E-state index contributed by atoms with van der Waals surface area (Å²) >= 11 is 0. The smallest absolute Gasteiger partial charge is 0.161 e. The van der Waals surface area contributed by atoms with Crippen molar-refractivity contribution in [2.24, 2.45) is 11.5 Å². The predicted octanol–water partition coefficient (Wildman–Crippen LogP) is 1.62. The van der Waals surface area contributed by atoms with Gasteiger partial charge in [0.2, 0.25) is 0 Å². The lowest BCUT2D eigenvalue weighted by atomic mass is 10.0. The van der Waals surface area contributed by atoms with Crippen LogP contribution in [-0.2, 0) is 0 Å². The van der Waals surface area contributed by atoms with E-state index in [0.29, 0.717) is 19.8 Å². The zero-order valence-corrected chi connectivity index (χ0v) is 10.5. The molecule has 0 aliphatic carbocycles. The summed E-state index contributed by atoms with van der Waals surface area (Å²) in [7, 11) is 0. The van der Waals surface area contributed by atoms with Crippen molar-refractivity contribution in [3.05, 3.63) is 23.8 Å². The Morgan fingerprint density at radius 3 is 2.59 bits per heavy atom. The van der Waals surface area contributed by atoms with Gasteiger partial charge in [0.1, 0.15) is 13.2 Å². The van der Waals surface area contributed by atoms with Gasteiger partial charge in [-0.3, -0.25) is 0 Å². The van der Waals surface area contributed by atoms with E-state index in [0.717, 1.165) is 29.9 Å². The molecule has 0 saturated heterocycles. The first-order valence-electron chi connectivity index (χ1n) is 5.66. The fourth-order valence-electron chi connectivity index (χ4n) is 1.80. The molecular weight excluding hydrogens is 240 g/mol. The van der Waals surface area contributed by atoms with Gasteiger partial charge in [-0.05, 0) is 37.1 Å². The van der Waals surface area contributed by atoms with Crippen molar-refractivity contribution in [1.82, 2.24) is 0 Å². The van der Waals surface area contributed by atoms with Crippen LogP contribution in [0, 0.1) is 0 Å². The quantitative estimate of drug-likeness (QED) is 0.861. The number of halogens is 1. The van der Waals surface area contributed by atoms with Gasteiger partial charge in [0.05, 0.1) is 0 Å². The zero-order valence-electron chi connectivity index (χ0n) is 9.72. The average molecular weight is 259 g/mol. The number of ether oxygens (including phenoxy) is 2. The Hall–Kier alpha value is -0.970. The van der Waals surface area contributed by atoms with E-state index < -0.39 is 0 Å². The number of hydrogen-bond acceptors (Lipinski definition) is 4. The maximum atomic E-state index is 6.06. The van der Waals surface area contributed by atoms with E-state index in [1.54, 1.807) is 0 Å². The fourth-order valence-corrected chi connectivity index (χ4v) is 1.80. The molecular formula is C12H19ClN2O2. The molecule has 1 aliphatic rings. The number of hydrogen-bond donors (Lipinski definition) is 2. The molecule has 17 heavy (non-hydrogen) atoms. The van der Waals surface area contributed by atoms with Crippen molar-refractivity contribution >= 4 is 12.4 Å². The first-order chi connectivity index (χ1) is 7.81. The SMILES string of the molecule is Cl.NCCC[C@H](N)c1ccc2c(c1)OCCO2. The monoisotopic (exact) mass is 258 g/mol.